The number of aryl methyl sites for hydroxylation is 2. The van der Waals surface area contributed by atoms with Crippen molar-refractivity contribution in [3.63, 3.8) is 0 Å². The maximum atomic E-state index is 12.1. The summed E-state index contributed by atoms with van der Waals surface area (Å²) in [5.74, 6) is 0.859. The van der Waals surface area contributed by atoms with Crippen LogP contribution in [0.1, 0.15) is 23.5 Å². The third-order valence-corrected chi connectivity index (χ3v) is 4.01. The minimum absolute atomic E-state index is 0.0207. The van der Waals surface area contributed by atoms with Crippen LogP contribution in [0.5, 0.6) is 0 Å². The van der Waals surface area contributed by atoms with Crippen LogP contribution in [0.3, 0.4) is 0 Å². The lowest BCUT2D eigenvalue weighted by Crippen LogP contribution is -2.32. The molecule has 0 fully saturated rings. The van der Waals surface area contributed by atoms with E-state index in [1.54, 1.807) is 16.0 Å². The van der Waals surface area contributed by atoms with Crippen molar-refractivity contribution in [2.75, 3.05) is 10.6 Å². The van der Waals surface area contributed by atoms with Crippen molar-refractivity contribution >= 4 is 28.7 Å². The van der Waals surface area contributed by atoms with Gasteiger partial charge in [-0.15, -0.1) is 11.3 Å². The molecule has 3 heterocycles. The molecule has 1 unspecified atom stereocenters. The molecule has 1 aliphatic heterocycles. The molecular weight excluding hydrogens is 248 g/mol. The smallest absolute Gasteiger partial charge is 0.252 e. The monoisotopic (exact) mass is 262 g/mol. The van der Waals surface area contributed by atoms with Gasteiger partial charge in [-0.3, -0.25) is 9.48 Å². The fourth-order valence-electron chi connectivity index (χ4n) is 2.18. The number of rotatable bonds is 2. The van der Waals surface area contributed by atoms with E-state index >= 15 is 0 Å². The summed E-state index contributed by atoms with van der Waals surface area (Å²) in [4.78, 5) is 13.1. The van der Waals surface area contributed by atoms with Crippen molar-refractivity contribution in [1.82, 2.24) is 9.78 Å². The Labute approximate surface area is 109 Å². The van der Waals surface area contributed by atoms with E-state index in [9.17, 15) is 4.79 Å². The highest BCUT2D eigenvalue weighted by atomic mass is 32.1. The van der Waals surface area contributed by atoms with Gasteiger partial charge in [-0.2, -0.15) is 5.10 Å². The minimum atomic E-state index is -0.322. The molecule has 1 atom stereocenters. The van der Waals surface area contributed by atoms with Gasteiger partial charge >= 0.3 is 0 Å². The second-order valence-corrected chi connectivity index (χ2v) is 5.21. The van der Waals surface area contributed by atoms with Crippen LogP contribution in [-0.4, -0.2) is 15.7 Å². The summed E-state index contributed by atoms with van der Waals surface area (Å²) in [6, 6.07) is 3.59. The number of hydrogen-bond donors (Lipinski definition) is 2. The Bertz CT molecular complexity index is 587. The van der Waals surface area contributed by atoms with Gasteiger partial charge < -0.3 is 10.6 Å². The quantitative estimate of drug-likeness (QED) is 0.872. The fourth-order valence-corrected chi connectivity index (χ4v) is 2.95. The number of fused-ring (bicyclic) bond motifs is 1. The summed E-state index contributed by atoms with van der Waals surface area (Å²) in [6.45, 7) is 2.03. The van der Waals surface area contributed by atoms with E-state index in [0.29, 0.717) is 0 Å². The Kier molecular flexibility index (Phi) is 2.59. The molecule has 0 radical (unpaired) electrons. The van der Waals surface area contributed by atoms with Crippen LogP contribution in [0.25, 0.3) is 0 Å². The normalized spacial score (nSPS) is 18.1. The number of anilines is 2. The Balaban J connectivity index is 2.02. The molecule has 0 saturated heterocycles. The molecule has 0 aromatic carbocycles. The first-order valence-electron chi connectivity index (χ1n) is 5.87. The summed E-state index contributed by atoms with van der Waals surface area (Å²) in [5.41, 5.74) is 1.73. The van der Waals surface area contributed by atoms with E-state index < -0.39 is 0 Å². The van der Waals surface area contributed by atoms with Crippen molar-refractivity contribution in [2.24, 2.45) is 7.05 Å². The highest BCUT2D eigenvalue weighted by Gasteiger charge is 2.31. The SMILES string of the molecule is CCc1nn(C)c2c1NC(=O)C(c1cccs1)N2. The van der Waals surface area contributed by atoms with Gasteiger partial charge in [0.25, 0.3) is 5.91 Å². The molecular formula is C12H14N4OS. The third kappa shape index (κ3) is 1.60. The van der Waals surface area contributed by atoms with E-state index in [0.717, 1.165) is 28.5 Å². The topological polar surface area (TPSA) is 59.0 Å². The number of aromatic nitrogens is 2. The zero-order valence-electron chi connectivity index (χ0n) is 10.2. The fraction of sp³-hybridized carbons (Fsp3) is 0.333. The van der Waals surface area contributed by atoms with E-state index in [1.165, 1.54) is 0 Å². The summed E-state index contributed by atoms with van der Waals surface area (Å²) < 4.78 is 1.79. The molecule has 5 nitrogen and oxygen atoms in total. The summed E-state index contributed by atoms with van der Waals surface area (Å²) in [5, 5.41) is 12.6. The predicted molar refractivity (Wildman–Crippen MR) is 71.9 cm³/mol. The Morgan fingerprint density at radius 2 is 2.39 bits per heavy atom. The van der Waals surface area contributed by atoms with Crippen LogP contribution in [0.15, 0.2) is 17.5 Å². The molecule has 2 aromatic heterocycles. The molecule has 1 amide bonds. The number of carbonyl (C=O) groups is 1. The molecule has 0 aliphatic carbocycles. The van der Waals surface area contributed by atoms with E-state index in [2.05, 4.69) is 15.7 Å². The first-order chi connectivity index (χ1) is 8.70. The van der Waals surface area contributed by atoms with Crippen LogP contribution >= 0.6 is 11.3 Å². The standard InChI is InChI=1S/C12H14N4OS/c1-3-7-9-11(16(2)15-7)13-10(12(17)14-9)8-5-4-6-18-8/h4-6,10,13H,3H2,1-2H3,(H,14,17). The van der Waals surface area contributed by atoms with Gasteiger partial charge in [0.15, 0.2) is 0 Å². The van der Waals surface area contributed by atoms with Crippen LogP contribution in [0.4, 0.5) is 11.5 Å². The lowest BCUT2D eigenvalue weighted by atomic mass is 10.1. The van der Waals surface area contributed by atoms with Crippen molar-refractivity contribution in [3.8, 4) is 0 Å². The average molecular weight is 262 g/mol. The number of nitrogens with zero attached hydrogens (tertiary/aromatic N) is 2. The Morgan fingerprint density at radius 3 is 3.06 bits per heavy atom. The summed E-state index contributed by atoms with van der Waals surface area (Å²) >= 11 is 1.57. The van der Waals surface area contributed by atoms with Gasteiger partial charge in [-0.1, -0.05) is 13.0 Å². The molecule has 6 heteroatoms. The number of carbonyl (C=O) groups excluding carboxylic acids is 1. The van der Waals surface area contributed by atoms with Crippen molar-refractivity contribution in [3.05, 3.63) is 28.1 Å². The zero-order valence-corrected chi connectivity index (χ0v) is 11.0. The largest absolute Gasteiger partial charge is 0.353 e. The summed E-state index contributed by atoms with van der Waals surface area (Å²) in [6.07, 6.45) is 0.800. The molecule has 94 valence electrons. The molecule has 2 N–H and O–H groups in total. The van der Waals surface area contributed by atoms with E-state index in [4.69, 9.17) is 0 Å². The highest BCUT2D eigenvalue weighted by molar-refractivity contribution is 7.10. The van der Waals surface area contributed by atoms with Gasteiger partial charge in [-0.25, -0.2) is 0 Å². The average Bonchev–Trinajstić information content (AvgIpc) is 2.97. The molecule has 0 spiro atoms. The first-order valence-corrected chi connectivity index (χ1v) is 6.75. The Morgan fingerprint density at radius 1 is 1.56 bits per heavy atom. The first kappa shape index (κ1) is 11.3. The van der Waals surface area contributed by atoms with Gasteiger partial charge in [-0.05, 0) is 17.9 Å². The highest BCUT2D eigenvalue weighted by Crippen LogP contribution is 2.35. The van der Waals surface area contributed by atoms with Gasteiger partial charge in [0, 0.05) is 11.9 Å². The number of amides is 1. The van der Waals surface area contributed by atoms with Gasteiger partial charge in [0.05, 0.1) is 5.69 Å². The molecule has 18 heavy (non-hydrogen) atoms. The number of nitrogens with one attached hydrogen (secondary N) is 2. The molecule has 1 aliphatic rings. The summed E-state index contributed by atoms with van der Waals surface area (Å²) in [7, 11) is 1.88. The lowest BCUT2D eigenvalue weighted by Gasteiger charge is -2.24. The second-order valence-electron chi connectivity index (χ2n) is 4.23. The lowest BCUT2D eigenvalue weighted by molar-refractivity contribution is -0.117. The van der Waals surface area contributed by atoms with E-state index in [1.807, 2.05) is 31.5 Å². The van der Waals surface area contributed by atoms with Gasteiger partial charge in [0.2, 0.25) is 0 Å². The predicted octanol–water partition coefficient (Wildman–Crippen LogP) is 2.15. The van der Waals surface area contributed by atoms with E-state index in [-0.39, 0.29) is 11.9 Å². The number of hydrogen-bond acceptors (Lipinski definition) is 4. The minimum Gasteiger partial charge on any atom is -0.353 e. The van der Waals surface area contributed by atoms with Crippen LogP contribution in [-0.2, 0) is 18.3 Å². The van der Waals surface area contributed by atoms with Gasteiger partial charge in [0.1, 0.15) is 17.5 Å². The molecule has 0 bridgehead atoms. The zero-order chi connectivity index (χ0) is 12.7. The van der Waals surface area contributed by atoms with Crippen LogP contribution in [0.2, 0.25) is 0 Å². The maximum absolute atomic E-state index is 12.1. The van der Waals surface area contributed by atoms with Crippen LogP contribution in [0, 0.1) is 0 Å². The molecule has 0 saturated carbocycles. The molecule has 2 aromatic rings. The van der Waals surface area contributed by atoms with Crippen molar-refractivity contribution in [2.45, 2.75) is 19.4 Å². The molecule has 3 rings (SSSR count). The number of thiophene rings is 1. The van der Waals surface area contributed by atoms with Crippen molar-refractivity contribution in [1.29, 1.82) is 0 Å². The maximum Gasteiger partial charge on any atom is 0.252 e. The third-order valence-electron chi connectivity index (χ3n) is 3.07. The van der Waals surface area contributed by atoms with Crippen LogP contribution < -0.4 is 10.6 Å². The Hall–Kier alpha value is -1.82. The second kappa shape index (κ2) is 4.13. The van der Waals surface area contributed by atoms with Crippen molar-refractivity contribution < 1.29 is 4.79 Å².